The van der Waals surface area contributed by atoms with Crippen molar-refractivity contribution in [2.24, 2.45) is 10.8 Å². The molecule has 1 aromatic rings. The number of carbonyl (C=O) groups excluding carboxylic acids is 2. The molecule has 1 unspecified atom stereocenters. The fourth-order valence-electron chi connectivity index (χ4n) is 5.58. The van der Waals surface area contributed by atoms with Crippen LogP contribution in [0.15, 0.2) is 18.3 Å². The number of aryl methyl sites for hydroxylation is 1. The molecule has 0 saturated carbocycles. The van der Waals surface area contributed by atoms with Crippen molar-refractivity contribution < 1.29 is 37.8 Å². The topological polar surface area (TPSA) is 165 Å². The number of piperidine rings is 1. The fraction of sp³-hybridized carbons (Fsp3) is 0.609. The number of carbonyl (C=O) groups is 4. The largest absolute Gasteiger partial charge is 0.483 e. The highest BCUT2D eigenvalue weighted by Gasteiger charge is 2.66. The molecule has 4 heterocycles. The molecule has 2 amide bonds. The number of hydrogen-bond acceptors (Lipinski definition) is 7. The molecular formula is C23H34N4O8S. The lowest BCUT2D eigenvalue weighted by molar-refractivity contribution is -0.141. The van der Waals surface area contributed by atoms with Gasteiger partial charge in [0.25, 0.3) is 18.9 Å². The number of likely N-dealkylation sites (tertiary alicyclic amines) is 2. The Hall–Kier alpha value is -3.06. The minimum atomic E-state index is -3.39. The molecule has 1 aromatic heterocycles. The quantitative estimate of drug-likeness (QED) is 0.534. The Bertz CT molecular complexity index is 1050. The third-order valence-corrected chi connectivity index (χ3v) is 8.66. The molecule has 36 heavy (non-hydrogen) atoms. The second-order valence-electron chi connectivity index (χ2n) is 9.22. The minimum absolute atomic E-state index is 0.0581. The van der Waals surface area contributed by atoms with Gasteiger partial charge in [-0.2, -0.15) is 0 Å². The Morgan fingerprint density at radius 3 is 2.11 bits per heavy atom. The van der Waals surface area contributed by atoms with E-state index < -0.39 is 20.9 Å². The van der Waals surface area contributed by atoms with Gasteiger partial charge in [-0.05, 0) is 45.2 Å². The number of aromatic nitrogens is 1. The van der Waals surface area contributed by atoms with Gasteiger partial charge in [0.05, 0.1) is 17.2 Å². The van der Waals surface area contributed by atoms with Crippen LogP contribution in [0.1, 0.15) is 42.2 Å². The highest BCUT2D eigenvalue weighted by Crippen LogP contribution is 2.58. The summed E-state index contributed by atoms with van der Waals surface area (Å²) in [5, 5.41) is 13.8. The number of carboxylic acid groups (broad SMARTS) is 2. The summed E-state index contributed by atoms with van der Waals surface area (Å²) >= 11 is 0. The summed E-state index contributed by atoms with van der Waals surface area (Å²) in [5.41, 5.74) is 0.328. The van der Waals surface area contributed by atoms with Crippen LogP contribution in [0.3, 0.4) is 0 Å². The monoisotopic (exact) mass is 526 g/mol. The van der Waals surface area contributed by atoms with E-state index in [1.54, 1.807) is 12.3 Å². The molecule has 1 atom stereocenters. The molecule has 3 aliphatic heterocycles. The van der Waals surface area contributed by atoms with E-state index in [0.717, 1.165) is 5.69 Å². The SMILES string of the molecule is CCN1CCC2(CN(S(C)(=O)=O)CC23CCN(C(=O)c2ccc(C)nc2)CC3)C1=O.O=CO.O=CO. The van der Waals surface area contributed by atoms with E-state index in [1.165, 1.54) is 10.6 Å². The van der Waals surface area contributed by atoms with Crippen molar-refractivity contribution >= 4 is 34.8 Å². The number of sulfonamides is 1. The number of fused-ring (bicyclic) bond motifs is 1. The van der Waals surface area contributed by atoms with E-state index in [0.29, 0.717) is 57.5 Å². The Balaban J connectivity index is 0.000000693. The van der Waals surface area contributed by atoms with Crippen LogP contribution in [0.4, 0.5) is 0 Å². The molecule has 3 fully saturated rings. The van der Waals surface area contributed by atoms with Crippen molar-refractivity contribution in [3.8, 4) is 0 Å². The van der Waals surface area contributed by atoms with E-state index in [4.69, 9.17) is 19.8 Å². The lowest BCUT2D eigenvalue weighted by Crippen LogP contribution is -2.53. The molecule has 0 radical (unpaired) electrons. The van der Waals surface area contributed by atoms with Crippen molar-refractivity contribution in [1.82, 2.24) is 19.1 Å². The van der Waals surface area contributed by atoms with Gasteiger partial charge in [0, 0.05) is 56.6 Å². The standard InChI is InChI=1S/C21H30N4O4S.2CH2O2/c1-4-23-12-9-21(19(23)27)15-25(30(3,28)29)14-20(21)7-10-24(11-8-20)18(26)17-6-5-16(2)22-13-17;2*2-1-3/h5-6,13H,4,7-12,14-15H2,1-3H3;2*1H,(H,2,3). The first-order chi connectivity index (χ1) is 16.9. The van der Waals surface area contributed by atoms with Crippen LogP contribution >= 0.6 is 0 Å². The van der Waals surface area contributed by atoms with Crippen LogP contribution in [0.5, 0.6) is 0 Å². The maximum atomic E-state index is 13.4. The summed E-state index contributed by atoms with van der Waals surface area (Å²) in [6.07, 6.45) is 4.77. The smallest absolute Gasteiger partial charge is 0.290 e. The summed E-state index contributed by atoms with van der Waals surface area (Å²) in [6.45, 7) is 6.32. The number of nitrogens with zero attached hydrogens (tertiary/aromatic N) is 4. The third-order valence-electron chi connectivity index (χ3n) is 7.46. The molecule has 0 aliphatic carbocycles. The summed E-state index contributed by atoms with van der Waals surface area (Å²) < 4.78 is 26.2. The van der Waals surface area contributed by atoms with Crippen molar-refractivity contribution in [2.75, 3.05) is 45.5 Å². The molecular weight excluding hydrogens is 492 g/mol. The second-order valence-corrected chi connectivity index (χ2v) is 11.2. The van der Waals surface area contributed by atoms with E-state index in [-0.39, 0.29) is 31.3 Å². The minimum Gasteiger partial charge on any atom is -0.483 e. The first-order valence-electron chi connectivity index (χ1n) is 11.6. The third kappa shape index (κ3) is 5.67. The van der Waals surface area contributed by atoms with E-state index in [9.17, 15) is 18.0 Å². The summed E-state index contributed by atoms with van der Waals surface area (Å²) in [7, 11) is -3.39. The Morgan fingerprint density at radius 2 is 1.67 bits per heavy atom. The van der Waals surface area contributed by atoms with E-state index >= 15 is 0 Å². The van der Waals surface area contributed by atoms with Crippen molar-refractivity contribution in [3.63, 3.8) is 0 Å². The number of pyridine rings is 1. The first kappa shape index (κ1) is 29.2. The maximum absolute atomic E-state index is 13.4. The van der Waals surface area contributed by atoms with Gasteiger partial charge in [0.15, 0.2) is 0 Å². The molecule has 4 rings (SSSR count). The van der Waals surface area contributed by atoms with Gasteiger partial charge in [-0.1, -0.05) is 0 Å². The van der Waals surface area contributed by atoms with Crippen LogP contribution in [-0.2, 0) is 24.4 Å². The van der Waals surface area contributed by atoms with Gasteiger partial charge >= 0.3 is 0 Å². The van der Waals surface area contributed by atoms with Gasteiger partial charge in [0.1, 0.15) is 0 Å². The van der Waals surface area contributed by atoms with Gasteiger partial charge in [0.2, 0.25) is 15.9 Å². The normalized spacial score (nSPS) is 23.0. The number of hydrogen-bond donors (Lipinski definition) is 2. The average Bonchev–Trinajstić information content (AvgIpc) is 3.33. The van der Waals surface area contributed by atoms with Crippen LogP contribution in [0.25, 0.3) is 0 Å². The number of amides is 2. The average molecular weight is 527 g/mol. The Kier molecular flexibility index (Phi) is 9.55. The van der Waals surface area contributed by atoms with Crippen molar-refractivity contribution in [3.05, 3.63) is 29.6 Å². The molecule has 3 saturated heterocycles. The summed E-state index contributed by atoms with van der Waals surface area (Å²) in [5.74, 6) is 0.0240. The molecule has 0 aromatic carbocycles. The van der Waals surface area contributed by atoms with Gasteiger partial charge in [-0.15, -0.1) is 0 Å². The van der Waals surface area contributed by atoms with Crippen LogP contribution in [0.2, 0.25) is 0 Å². The zero-order chi connectivity index (χ0) is 27.1. The molecule has 0 bridgehead atoms. The number of rotatable bonds is 3. The second kappa shape index (κ2) is 11.8. The summed E-state index contributed by atoms with van der Waals surface area (Å²) in [4.78, 5) is 50.9. The molecule has 200 valence electrons. The Morgan fingerprint density at radius 1 is 1.08 bits per heavy atom. The Labute approximate surface area is 210 Å². The van der Waals surface area contributed by atoms with Crippen LogP contribution in [0, 0.1) is 17.8 Å². The van der Waals surface area contributed by atoms with Crippen molar-refractivity contribution in [1.29, 1.82) is 0 Å². The van der Waals surface area contributed by atoms with E-state index in [2.05, 4.69) is 4.98 Å². The van der Waals surface area contributed by atoms with E-state index in [1.807, 2.05) is 29.7 Å². The van der Waals surface area contributed by atoms with Gasteiger partial charge < -0.3 is 20.0 Å². The van der Waals surface area contributed by atoms with Crippen LogP contribution < -0.4 is 0 Å². The lowest BCUT2D eigenvalue weighted by atomic mass is 9.60. The first-order valence-corrected chi connectivity index (χ1v) is 13.4. The predicted molar refractivity (Wildman–Crippen MR) is 130 cm³/mol. The molecule has 13 heteroatoms. The van der Waals surface area contributed by atoms with Crippen LogP contribution in [-0.4, -0.2) is 108 Å². The molecule has 12 nitrogen and oxygen atoms in total. The lowest BCUT2D eigenvalue weighted by Gasteiger charge is -2.47. The fourth-order valence-corrected chi connectivity index (χ4v) is 6.51. The highest BCUT2D eigenvalue weighted by molar-refractivity contribution is 7.88. The van der Waals surface area contributed by atoms with Crippen molar-refractivity contribution in [2.45, 2.75) is 33.1 Å². The zero-order valence-electron chi connectivity index (χ0n) is 20.8. The predicted octanol–water partition coefficient (Wildman–Crippen LogP) is 0.528. The van der Waals surface area contributed by atoms with Gasteiger partial charge in [-0.3, -0.25) is 24.2 Å². The highest BCUT2D eigenvalue weighted by atomic mass is 32.2. The van der Waals surface area contributed by atoms with Gasteiger partial charge in [-0.25, -0.2) is 12.7 Å². The summed E-state index contributed by atoms with van der Waals surface area (Å²) in [6, 6.07) is 3.61. The zero-order valence-corrected chi connectivity index (χ0v) is 21.6. The molecule has 3 aliphatic rings. The molecule has 2 N–H and O–H groups in total. The molecule has 2 spiro atoms. The maximum Gasteiger partial charge on any atom is 0.290 e.